The first kappa shape index (κ1) is 17.4. The fourth-order valence-electron chi connectivity index (χ4n) is 4.15. The van der Waals surface area contributed by atoms with Crippen LogP contribution in [0.15, 0.2) is 18.2 Å². The van der Waals surface area contributed by atoms with Crippen molar-refractivity contribution >= 4 is 11.9 Å². The van der Waals surface area contributed by atoms with E-state index in [-0.39, 0.29) is 41.4 Å². The van der Waals surface area contributed by atoms with Gasteiger partial charge in [0.25, 0.3) is 0 Å². The maximum Gasteiger partial charge on any atom is 0.323 e. The second kappa shape index (κ2) is 6.95. The zero-order valence-corrected chi connectivity index (χ0v) is 14.4. The number of benzene rings is 1. The van der Waals surface area contributed by atoms with Crippen molar-refractivity contribution in [3.63, 3.8) is 0 Å². The molecule has 1 aliphatic carbocycles. The van der Waals surface area contributed by atoms with E-state index in [1.54, 1.807) is 0 Å². The fourth-order valence-corrected chi connectivity index (χ4v) is 4.15. The first-order valence-electron chi connectivity index (χ1n) is 9.19. The topological polar surface area (TPSA) is 58.6 Å². The van der Waals surface area contributed by atoms with Crippen LogP contribution in [0.25, 0.3) is 0 Å². The second-order valence-electron chi connectivity index (χ2n) is 7.37. The number of piperidine rings is 1. The molecule has 140 valence electrons. The highest BCUT2D eigenvalue weighted by Gasteiger charge is 2.47. The minimum Gasteiger partial charge on any atom is -0.464 e. The largest absolute Gasteiger partial charge is 0.464 e. The van der Waals surface area contributed by atoms with Crippen LogP contribution in [0.2, 0.25) is 0 Å². The van der Waals surface area contributed by atoms with Crippen LogP contribution in [0.5, 0.6) is 0 Å². The number of cyclic esters (lactones) is 1. The molecule has 0 radical (unpaired) electrons. The van der Waals surface area contributed by atoms with Crippen LogP contribution >= 0.6 is 0 Å². The van der Waals surface area contributed by atoms with Crippen molar-refractivity contribution in [2.45, 2.75) is 43.7 Å². The Balaban J connectivity index is 1.28. The molecule has 0 unspecified atom stereocenters. The van der Waals surface area contributed by atoms with E-state index in [2.05, 4.69) is 10.2 Å². The number of carbonyl (C=O) groups is 2. The summed E-state index contributed by atoms with van der Waals surface area (Å²) < 4.78 is 32.7. The standard InChI is InChI=1S/C19H22F2N2O3/c20-14-2-1-3-15(21)17(14)12-10-13(12)18(24)22-11-4-7-23(8-5-11)16-6-9-26-19(16)25/h1-3,11-13,16H,4-10H2,(H,22,24)/t12-,13+,16-/m1/s1. The van der Waals surface area contributed by atoms with Gasteiger partial charge in [0.1, 0.15) is 17.7 Å². The van der Waals surface area contributed by atoms with Gasteiger partial charge in [0.15, 0.2) is 0 Å². The van der Waals surface area contributed by atoms with E-state index < -0.39 is 11.6 Å². The maximum absolute atomic E-state index is 13.8. The highest BCUT2D eigenvalue weighted by molar-refractivity contribution is 5.83. The van der Waals surface area contributed by atoms with Crippen LogP contribution in [-0.4, -0.2) is 48.6 Å². The minimum absolute atomic E-state index is 0.0298. The van der Waals surface area contributed by atoms with Crippen molar-refractivity contribution in [1.29, 1.82) is 0 Å². The van der Waals surface area contributed by atoms with Gasteiger partial charge >= 0.3 is 5.97 Å². The third-order valence-electron chi connectivity index (χ3n) is 5.72. The van der Waals surface area contributed by atoms with Gasteiger partial charge in [0, 0.05) is 43.0 Å². The monoisotopic (exact) mass is 364 g/mol. The number of nitrogens with one attached hydrogen (secondary N) is 1. The molecule has 3 atom stereocenters. The first-order valence-corrected chi connectivity index (χ1v) is 9.19. The van der Waals surface area contributed by atoms with E-state index in [0.717, 1.165) is 32.4 Å². The lowest BCUT2D eigenvalue weighted by Gasteiger charge is -2.34. The lowest BCUT2D eigenvalue weighted by atomic mass is 10.0. The molecule has 1 amide bonds. The fraction of sp³-hybridized carbons (Fsp3) is 0.579. The summed E-state index contributed by atoms with van der Waals surface area (Å²) in [5.74, 6) is -2.17. The molecule has 7 heteroatoms. The number of esters is 1. The van der Waals surface area contributed by atoms with Gasteiger partial charge in [-0.05, 0) is 31.4 Å². The van der Waals surface area contributed by atoms with Gasteiger partial charge in [-0.2, -0.15) is 0 Å². The van der Waals surface area contributed by atoms with Gasteiger partial charge in [-0.1, -0.05) is 6.07 Å². The second-order valence-corrected chi connectivity index (χ2v) is 7.37. The molecule has 2 saturated heterocycles. The molecule has 1 saturated carbocycles. The van der Waals surface area contributed by atoms with Crippen LogP contribution in [0, 0.1) is 17.6 Å². The number of hydrogen-bond donors (Lipinski definition) is 1. The van der Waals surface area contributed by atoms with E-state index in [0.29, 0.717) is 13.0 Å². The molecule has 0 bridgehead atoms. The molecule has 0 spiro atoms. The van der Waals surface area contributed by atoms with E-state index >= 15 is 0 Å². The van der Waals surface area contributed by atoms with E-state index in [1.165, 1.54) is 18.2 Å². The van der Waals surface area contributed by atoms with Crippen molar-refractivity contribution in [2.75, 3.05) is 19.7 Å². The third kappa shape index (κ3) is 3.32. The lowest BCUT2D eigenvalue weighted by molar-refractivity contribution is -0.142. The summed E-state index contributed by atoms with van der Waals surface area (Å²) in [6.07, 6.45) is 2.74. The predicted molar refractivity (Wildman–Crippen MR) is 89.3 cm³/mol. The number of ether oxygens (including phenoxy) is 1. The Morgan fingerprint density at radius 1 is 1.15 bits per heavy atom. The molecule has 2 aliphatic heterocycles. The highest BCUT2D eigenvalue weighted by atomic mass is 19.1. The molecule has 1 aromatic carbocycles. The molecule has 26 heavy (non-hydrogen) atoms. The average Bonchev–Trinajstić information content (AvgIpc) is 3.29. The molecule has 2 heterocycles. The summed E-state index contributed by atoms with van der Waals surface area (Å²) in [6, 6.07) is 3.69. The number of amides is 1. The first-order chi connectivity index (χ1) is 12.5. The van der Waals surface area contributed by atoms with Gasteiger partial charge in [-0.25, -0.2) is 8.78 Å². The number of carbonyl (C=O) groups excluding carboxylic acids is 2. The van der Waals surface area contributed by atoms with Gasteiger partial charge in [0.2, 0.25) is 5.91 Å². The summed E-state index contributed by atoms with van der Waals surface area (Å²) in [6.45, 7) is 1.96. The molecule has 3 aliphatic rings. The highest BCUT2D eigenvalue weighted by Crippen LogP contribution is 2.49. The lowest BCUT2D eigenvalue weighted by Crippen LogP contribution is -2.49. The van der Waals surface area contributed by atoms with E-state index in [4.69, 9.17) is 4.74 Å². The summed E-state index contributed by atoms with van der Waals surface area (Å²) in [5.41, 5.74) is 0.0298. The van der Waals surface area contributed by atoms with Crippen LogP contribution in [-0.2, 0) is 14.3 Å². The Hall–Kier alpha value is -2.02. The summed E-state index contributed by atoms with van der Waals surface area (Å²) in [4.78, 5) is 26.2. The molecule has 0 aromatic heterocycles. The smallest absolute Gasteiger partial charge is 0.323 e. The minimum atomic E-state index is -0.581. The molecule has 3 fully saturated rings. The van der Waals surface area contributed by atoms with Crippen molar-refractivity contribution in [2.24, 2.45) is 5.92 Å². The maximum atomic E-state index is 13.8. The number of halogens is 2. The molecular formula is C19H22F2N2O3. The summed E-state index contributed by atoms with van der Waals surface area (Å²) in [5, 5.41) is 3.02. The SMILES string of the molecule is O=C(NC1CCN([C@@H]2CCOC2=O)CC1)[C@H]1C[C@H]1c1c(F)cccc1F. The molecular weight excluding hydrogens is 342 g/mol. The molecule has 5 nitrogen and oxygen atoms in total. The van der Waals surface area contributed by atoms with Gasteiger partial charge in [-0.15, -0.1) is 0 Å². The van der Waals surface area contributed by atoms with Crippen molar-refractivity contribution in [3.05, 3.63) is 35.4 Å². The van der Waals surface area contributed by atoms with Crippen LogP contribution in [0.1, 0.15) is 37.2 Å². The molecule has 1 N–H and O–H groups in total. The Morgan fingerprint density at radius 3 is 2.46 bits per heavy atom. The molecule has 1 aromatic rings. The number of rotatable bonds is 4. The van der Waals surface area contributed by atoms with Gasteiger partial charge in [0.05, 0.1) is 6.61 Å². The zero-order chi connectivity index (χ0) is 18.3. The third-order valence-corrected chi connectivity index (χ3v) is 5.72. The Morgan fingerprint density at radius 2 is 1.85 bits per heavy atom. The summed E-state index contributed by atoms with van der Waals surface area (Å²) in [7, 11) is 0. The van der Waals surface area contributed by atoms with E-state index in [9.17, 15) is 18.4 Å². The summed E-state index contributed by atoms with van der Waals surface area (Å²) >= 11 is 0. The number of hydrogen-bond acceptors (Lipinski definition) is 4. The average molecular weight is 364 g/mol. The zero-order valence-electron chi connectivity index (χ0n) is 14.4. The van der Waals surface area contributed by atoms with Gasteiger partial charge in [-0.3, -0.25) is 14.5 Å². The van der Waals surface area contributed by atoms with Crippen molar-refractivity contribution < 1.29 is 23.1 Å². The Bertz CT molecular complexity index is 698. The normalized spacial score (nSPS) is 29.5. The Kier molecular flexibility index (Phi) is 4.65. The quantitative estimate of drug-likeness (QED) is 0.830. The van der Waals surface area contributed by atoms with Crippen LogP contribution < -0.4 is 5.32 Å². The van der Waals surface area contributed by atoms with Gasteiger partial charge < -0.3 is 10.1 Å². The molecule has 4 rings (SSSR count). The van der Waals surface area contributed by atoms with E-state index in [1.807, 2.05) is 0 Å². The Labute approximate surface area is 150 Å². The van der Waals surface area contributed by atoms with Crippen LogP contribution in [0.4, 0.5) is 8.78 Å². The predicted octanol–water partition coefficient (Wildman–Crippen LogP) is 1.96. The number of nitrogens with zero attached hydrogens (tertiary/aromatic N) is 1. The number of likely N-dealkylation sites (tertiary alicyclic amines) is 1. The van der Waals surface area contributed by atoms with Crippen molar-refractivity contribution in [1.82, 2.24) is 10.2 Å². The van der Waals surface area contributed by atoms with Crippen LogP contribution in [0.3, 0.4) is 0 Å². The van der Waals surface area contributed by atoms with Crippen molar-refractivity contribution in [3.8, 4) is 0 Å².